The molecule has 6 rings (SSSR count). The van der Waals surface area contributed by atoms with Gasteiger partial charge in [0, 0.05) is 37.3 Å². The highest BCUT2D eigenvalue weighted by Gasteiger charge is 2.64. The Morgan fingerprint density at radius 1 is 0.955 bits per heavy atom. The molecule has 0 radical (unpaired) electrons. The third kappa shape index (κ3) is 5.14. The Labute approximate surface area is 266 Å². The van der Waals surface area contributed by atoms with Crippen LogP contribution in [0.3, 0.4) is 0 Å². The van der Waals surface area contributed by atoms with Crippen molar-refractivity contribution >= 4 is 22.3 Å². The number of urea groups is 1. The van der Waals surface area contributed by atoms with Crippen molar-refractivity contribution in [1.82, 2.24) is 9.80 Å². The Morgan fingerprint density at radius 3 is 2.14 bits per heavy atom. The van der Waals surface area contributed by atoms with Gasteiger partial charge in [-0.2, -0.15) is 10.6 Å². The lowest BCUT2D eigenvalue weighted by molar-refractivity contribution is -0.161. The molecule has 0 aromatic heterocycles. The van der Waals surface area contributed by atoms with Gasteiger partial charge >= 0.3 is 6.03 Å². The summed E-state index contributed by atoms with van der Waals surface area (Å²) in [6, 6.07) is 19.6. The summed E-state index contributed by atoms with van der Waals surface area (Å²) in [5, 5.41) is 12.0. The lowest BCUT2D eigenvalue weighted by Crippen LogP contribution is -2.71. The third-order valence-corrected chi connectivity index (χ3v) is 14.2. The molecular formula is C36H53N3O4S. The number of hydrogen-bond acceptors (Lipinski definition) is 5. The zero-order valence-electron chi connectivity index (χ0n) is 27.2. The first-order valence-corrected chi connectivity index (χ1v) is 18.7. The predicted molar refractivity (Wildman–Crippen MR) is 181 cm³/mol. The second kappa shape index (κ2) is 11.5. The average Bonchev–Trinajstić information content (AvgIpc) is 3.27. The summed E-state index contributed by atoms with van der Waals surface area (Å²) in [6.45, 7) is 7.78. The number of aryl methyl sites for hydroxylation is 1. The minimum atomic E-state index is -2.47. The van der Waals surface area contributed by atoms with Gasteiger partial charge in [-0.1, -0.05) is 55.5 Å². The van der Waals surface area contributed by atoms with Crippen LogP contribution < -0.4 is 4.90 Å². The molecule has 2 aliphatic heterocycles. The van der Waals surface area contributed by atoms with Crippen LogP contribution in [0.2, 0.25) is 0 Å². The predicted octanol–water partition coefficient (Wildman–Crippen LogP) is 7.62. The molecule has 0 bridgehead atoms. The van der Waals surface area contributed by atoms with Crippen LogP contribution in [0.4, 0.5) is 10.5 Å². The van der Waals surface area contributed by atoms with E-state index in [2.05, 4.69) is 97.1 Å². The largest absolute Gasteiger partial charge is 0.387 e. The number of aliphatic hydroxyl groups is 1. The van der Waals surface area contributed by atoms with Crippen molar-refractivity contribution in [3.05, 3.63) is 65.7 Å². The van der Waals surface area contributed by atoms with E-state index in [9.17, 15) is 19.0 Å². The SMILES string of the molecule is CCC(C)(N1C(=O)N(CC2CCS(O)(O)CC2)CC12CCC(c1ccccc1)(N(C)c1ccccc1C)CC2)C1(O)CCC1. The van der Waals surface area contributed by atoms with Crippen LogP contribution in [-0.4, -0.2) is 78.4 Å². The van der Waals surface area contributed by atoms with E-state index in [-0.39, 0.29) is 23.0 Å². The van der Waals surface area contributed by atoms with Gasteiger partial charge in [0.1, 0.15) is 0 Å². The second-order valence-corrected chi connectivity index (χ2v) is 17.1. The monoisotopic (exact) mass is 623 g/mol. The molecule has 2 saturated heterocycles. The molecule has 4 fully saturated rings. The summed E-state index contributed by atoms with van der Waals surface area (Å²) in [6.07, 6.45) is 8.19. The van der Waals surface area contributed by atoms with Gasteiger partial charge in [-0.25, -0.2) is 4.79 Å². The molecule has 2 amide bonds. The van der Waals surface area contributed by atoms with Crippen molar-refractivity contribution in [3.8, 4) is 0 Å². The van der Waals surface area contributed by atoms with Crippen LogP contribution in [-0.2, 0) is 5.54 Å². The zero-order chi connectivity index (χ0) is 31.4. The molecule has 3 N–H and O–H groups in total. The molecule has 1 atom stereocenters. The van der Waals surface area contributed by atoms with E-state index in [4.69, 9.17) is 0 Å². The number of anilines is 1. The fourth-order valence-electron chi connectivity index (χ4n) is 9.16. The number of carbonyl (C=O) groups excluding carboxylic acids is 1. The summed E-state index contributed by atoms with van der Waals surface area (Å²) in [4.78, 5) is 21.4. The van der Waals surface area contributed by atoms with Gasteiger partial charge in [0.2, 0.25) is 0 Å². The molecule has 2 aromatic rings. The number of para-hydroxylation sites is 1. The molecule has 2 heterocycles. The van der Waals surface area contributed by atoms with Gasteiger partial charge in [0.25, 0.3) is 0 Å². The third-order valence-electron chi connectivity index (χ3n) is 12.4. The minimum Gasteiger partial charge on any atom is -0.387 e. The van der Waals surface area contributed by atoms with Gasteiger partial charge in [0.05, 0.1) is 22.2 Å². The Bertz CT molecular complexity index is 1330. The normalized spacial score (nSPS) is 26.2. The van der Waals surface area contributed by atoms with Crippen LogP contribution in [0.1, 0.15) is 89.2 Å². The Kier molecular flexibility index (Phi) is 8.30. The van der Waals surface area contributed by atoms with Gasteiger partial charge in [-0.05, 0) is 101 Å². The van der Waals surface area contributed by atoms with Crippen LogP contribution >= 0.6 is 10.6 Å². The molecular weight excluding hydrogens is 570 g/mol. The van der Waals surface area contributed by atoms with Gasteiger partial charge in [-0.15, -0.1) is 0 Å². The van der Waals surface area contributed by atoms with E-state index in [0.29, 0.717) is 31.0 Å². The molecule has 7 nitrogen and oxygen atoms in total. The van der Waals surface area contributed by atoms with Crippen LogP contribution in [0, 0.1) is 12.8 Å². The number of amides is 2. The van der Waals surface area contributed by atoms with Gasteiger partial charge < -0.3 is 19.8 Å². The highest BCUT2D eigenvalue weighted by molar-refractivity contribution is 8.24. The lowest BCUT2D eigenvalue weighted by atomic mass is 9.62. The number of nitrogens with zero attached hydrogens (tertiary/aromatic N) is 3. The molecule has 1 unspecified atom stereocenters. The van der Waals surface area contributed by atoms with Crippen molar-refractivity contribution < 1.29 is 19.0 Å². The first kappa shape index (κ1) is 31.7. The van der Waals surface area contributed by atoms with E-state index in [1.165, 1.54) is 16.8 Å². The van der Waals surface area contributed by atoms with Crippen molar-refractivity contribution in [1.29, 1.82) is 0 Å². The van der Waals surface area contributed by atoms with E-state index in [0.717, 1.165) is 57.8 Å². The smallest absolute Gasteiger partial charge is 0.321 e. The molecule has 2 aliphatic carbocycles. The van der Waals surface area contributed by atoms with Crippen LogP contribution in [0.25, 0.3) is 0 Å². The Morgan fingerprint density at radius 2 is 1.57 bits per heavy atom. The summed E-state index contributed by atoms with van der Waals surface area (Å²) in [5.41, 5.74) is 1.71. The van der Waals surface area contributed by atoms with Crippen molar-refractivity contribution in [2.75, 3.05) is 36.5 Å². The molecule has 2 aromatic carbocycles. The fraction of sp³-hybridized carbons (Fsp3) is 0.639. The maximum atomic E-state index is 14.6. The number of carbonyl (C=O) groups is 1. The summed E-state index contributed by atoms with van der Waals surface area (Å²) < 4.78 is 20.4. The molecule has 1 spiro atoms. The average molecular weight is 624 g/mol. The summed E-state index contributed by atoms with van der Waals surface area (Å²) in [5.74, 6) is 1.15. The molecule has 2 saturated carbocycles. The zero-order valence-corrected chi connectivity index (χ0v) is 28.0. The molecule has 8 heteroatoms. The Balaban J connectivity index is 1.35. The maximum Gasteiger partial charge on any atom is 0.321 e. The van der Waals surface area contributed by atoms with Crippen molar-refractivity contribution in [3.63, 3.8) is 0 Å². The van der Waals surface area contributed by atoms with E-state index >= 15 is 0 Å². The molecule has 4 aliphatic rings. The first-order valence-electron chi connectivity index (χ1n) is 16.8. The van der Waals surface area contributed by atoms with Crippen molar-refractivity contribution in [2.24, 2.45) is 5.92 Å². The van der Waals surface area contributed by atoms with Gasteiger partial charge in [-0.3, -0.25) is 9.11 Å². The fourth-order valence-corrected chi connectivity index (χ4v) is 10.8. The quantitative estimate of drug-likeness (QED) is 0.282. The molecule has 44 heavy (non-hydrogen) atoms. The van der Waals surface area contributed by atoms with Crippen LogP contribution in [0.5, 0.6) is 0 Å². The summed E-state index contributed by atoms with van der Waals surface area (Å²) >= 11 is 0. The lowest BCUT2D eigenvalue weighted by Gasteiger charge is -2.61. The number of hydrogen-bond donors (Lipinski definition) is 3. The summed E-state index contributed by atoms with van der Waals surface area (Å²) in [7, 11) is -0.234. The van der Waals surface area contributed by atoms with Crippen molar-refractivity contribution in [2.45, 2.75) is 107 Å². The van der Waals surface area contributed by atoms with Crippen LogP contribution in [0.15, 0.2) is 54.6 Å². The van der Waals surface area contributed by atoms with E-state index < -0.39 is 21.7 Å². The van der Waals surface area contributed by atoms with E-state index in [1.807, 2.05) is 0 Å². The highest BCUT2D eigenvalue weighted by atomic mass is 32.3. The van der Waals surface area contributed by atoms with Gasteiger partial charge in [0.15, 0.2) is 0 Å². The minimum absolute atomic E-state index is 0.0614. The van der Waals surface area contributed by atoms with E-state index in [1.54, 1.807) is 0 Å². The number of rotatable bonds is 8. The number of benzene rings is 2. The first-order chi connectivity index (χ1) is 20.9. The standard InChI is InChI=1S/C36H53N3O4S/c1-5-33(3,36(41)18-11-19-36)39-32(40)38(26-29-16-24-44(42,43)25-17-29)27-34(39)20-22-35(23-21-34,30-13-7-6-8-14-30)37(4)31-15-10-9-12-28(31)2/h6-10,12-15,29,41-43H,5,11,16-27H2,1-4H3. The topological polar surface area (TPSA) is 87.5 Å². The molecule has 242 valence electrons. The second-order valence-electron chi connectivity index (χ2n) is 14.6. The highest BCUT2D eigenvalue weighted by Crippen LogP contribution is 2.56. The maximum absolute atomic E-state index is 14.6. The Hall–Kier alpha value is -2.26.